The minimum Gasteiger partial charge on any atom is -0.394 e. The van der Waals surface area contributed by atoms with Crippen molar-refractivity contribution in [1.82, 2.24) is 10.3 Å². The van der Waals surface area contributed by atoms with E-state index in [1.807, 2.05) is 0 Å². The summed E-state index contributed by atoms with van der Waals surface area (Å²) in [4.78, 5) is 20.4. The van der Waals surface area contributed by atoms with Gasteiger partial charge in [0.25, 0.3) is 0 Å². The molecule has 0 aromatic rings. The van der Waals surface area contributed by atoms with Crippen molar-refractivity contribution >= 4 is 6.03 Å². The van der Waals surface area contributed by atoms with Crippen molar-refractivity contribution in [3.63, 3.8) is 0 Å². The van der Waals surface area contributed by atoms with Crippen LogP contribution in [0.2, 0.25) is 0 Å². The molecule has 1 heterocycles. The van der Waals surface area contributed by atoms with Crippen molar-refractivity contribution in [2.75, 3.05) is 13.2 Å². The summed E-state index contributed by atoms with van der Waals surface area (Å²) in [6, 6.07) is -0.903. The maximum Gasteiger partial charge on any atom is 0.340 e. The fourth-order valence-corrected chi connectivity index (χ4v) is 0.760. The van der Waals surface area contributed by atoms with Crippen LogP contribution < -0.4 is 5.32 Å². The van der Waals surface area contributed by atoms with Crippen LogP contribution in [0.5, 0.6) is 0 Å². The van der Waals surface area contributed by atoms with Gasteiger partial charge in [-0.2, -0.15) is 5.01 Å². The molecule has 0 aliphatic carbocycles. The number of amides is 2. The second-order valence-electron chi connectivity index (χ2n) is 1.99. The van der Waals surface area contributed by atoms with Gasteiger partial charge in [-0.25, -0.2) is 4.79 Å². The van der Waals surface area contributed by atoms with Crippen molar-refractivity contribution in [3.8, 4) is 0 Å². The normalized spacial score (nSPS) is 24.7. The number of carbonyl (C=O) groups is 1. The van der Waals surface area contributed by atoms with Gasteiger partial charge in [0.15, 0.2) is 0 Å². The van der Waals surface area contributed by atoms with Crippen LogP contribution in [0.15, 0.2) is 5.29 Å². The van der Waals surface area contributed by atoms with E-state index in [1.165, 1.54) is 0 Å². The molecule has 1 aliphatic heterocycles. The van der Waals surface area contributed by atoms with Crippen molar-refractivity contribution in [2.24, 2.45) is 5.29 Å². The summed E-state index contributed by atoms with van der Waals surface area (Å²) in [5, 5.41) is 14.0. The fourth-order valence-electron chi connectivity index (χ4n) is 0.760. The zero-order valence-corrected chi connectivity index (χ0v) is 5.15. The molecular weight excluding hydrogens is 138 g/mol. The molecule has 0 saturated carbocycles. The molecule has 1 saturated heterocycles. The van der Waals surface area contributed by atoms with E-state index in [2.05, 4.69) is 10.6 Å². The maximum atomic E-state index is 10.6. The number of nitrogens with one attached hydrogen (secondary N) is 1. The van der Waals surface area contributed by atoms with Crippen LogP contribution in [-0.2, 0) is 0 Å². The Bertz CT molecular complexity index is 160. The lowest BCUT2D eigenvalue weighted by Gasteiger charge is -2.00. The molecular formula is C4H7N3O3. The molecule has 6 nitrogen and oxygen atoms in total. The first-order valence-corrected chi connectivity index (χ1v) is 2.80. The van der Waals surface area contributed by atoms with Crippen LogP contribution >= 0.6 is 0 Å². The Labute approximate surface area is 56.8 Å². The molecule has 1 atom stereocenters. The lowest BCUT2D eigenvalue weighted by Crippen LogP contribution is -2.29. The number of aliphatic hydroxyl groups is 1. The van der Waals surface area contributed by atoms with Gasteiger partial charge in [-0.3, -0.25) is 0 Å². The van der Waals surface area contributed by atoms with Crippen LogP contribution in [0.4, 0.5) is 4.79 Å². The Morgan fingerprint density at radius 3 is 2.90 bits per heavy atom. The van der Waals surface area contributed by atoms with Crippen molar-refractivity contribution in [2.45, 2.75) is 6.04 Å². The Balaban J connectivity index is 2.52. The Kier molecular flexibility index (Phi) is 1.81. The first kappa shape index (κ1) is 6.94. The lowest BCUT2D eigenvalue weighted by atomic mass is 10.3. The third-order valence-electron chi connectivity index (χ3n) is 1.27. The van der Waals surface area contributed by atoms with Gasteiger partial charge in [0.1, 0.15) is 0 Å². The molecule has 1 unspecified atom stereocenters. The molecule has 0 radical (unpaired) electrons. The largest absolute Gasteiger partial charge is 0.394 e. The average Bonchev–Trinajstić information content (AvgIpc) is 2.30. The van der Waals surface area contributed by atoms with Crippen LogP contribution in [0.1, 0.15) is 0 Å². The highest BCUT2D eigenvalue weighted by molar-refractivity contribution is 5.76. The van der Waals surface area contributed by atoms with Crippen molar-refractivity contribution in [1.29, 1.82) is 0 Å². The Morgan fingerprint density at radius 1 is 1.90 bits per heavy atom. The number of aliphatic hydroxyl groups excluding tert-OH is 1. The SMILES string of the molecule is O=NN1CC(CO)NC1=O. The predicted molar refractivity (Wildman–Crippen MR) is 31.9 cm³/mol. The van der Waals surface area contributed by atoms with Crippen LogP contribution in [0.3, 0.4) is 0 Å². The second-order valence-corrected chi connectivity index (χ2v) is 1.99. The molecule has 0 spiro atoms. The number of nitrogens with zero attached hydrogens (tertiary/aromatic N) is 2. The molecule has 2 N–H and O–H groups in total. The van der Waals surface area contributed by atoms with E-state index >= 15 is 0 Å². The Morgan fingerprint density at radius 2 is 2.60 bits per heavy atom. The number of rotatable bonds is 2. The number of nitroso groups, excluding NO2 is 1. The summed E-state index contributed by atoms with van der Waals surface area (Å²) < 4.78 is 0. The van der Waals surface area contributed by atoms with E-state index in [-0.39, 0.29) is 19.2 Å². The molecule has 10 heavy (non-hydrogen) atoms. The molecule has 6 heteroatoms. The van der Waals surface area contributed by atoms with Crippen LogP contribution in [0, 0.1) is 4.91 Å². The van der Waals surface area contributed by atoms with Gasteiger partial charge in [-0.05, 0) is 0 Å². The van der Waals surface area contributed by atoms with E-state index in [0.717, 1.165) is 5.01 Å². The monoisotopic (exact) mass is 145 g/mol. The van der Waals surface area contributed by atoms with E-state index < -0.39 is 6.03 Å². The second kappa shape index (κ2) is 2.61. The summed E-state index contributed by atoms with van der Waals surface area (Å²) in [5.74, 6) is 0. The number of hydrogen-bond donors (Lipinski definition) is 2. The number of urea groups is 1. The smallest absolute Gasteiger partial charge is 0.340 e. The molecule has 0 bridgehead atoms. The highest BCUT2D eigenvalue weighted by atomic mass is 16.3. The first-order chi connectivity index (χ1) is 4.77. The average molecular weight is 145 g/mol. The molecule has 2 amide bonds. The topological polar surface area (TPSA) is 82.0 Å². The third-order valence-corrected chi connectivity index (χ3v) is 1.27. The maximum absolute atomic E-state index is 10.6. The zero-order valence-electron chi connectivity index (χ0n) is 5.15. The van der Waals surface area contributed by atoms with Gasteiger partial charge < -0.3 is 10.4 Å². The van der Waals surface area contributed by atoms with Crippen LogP contribution in [0.25, 0.3) is 0 Å². The minimum absolute atomic E-state index is 0.152. The summed E-state index contributed by atoms with van der Waals surface area (Å²) >= 11 is 0. The quantitative estimate of drug-likeness (QED) is 0.491. The van der Waals surface area contributed by atoms with Gasteiger partial charge in [0.2, 0.25) is 0 Å². The zero-order chi connectivity index (χ0) is 7.56. The number of hydrogen-bond acceptors (Lipinski definition) is 4. The first-order valence-electron chi connectivity index (χ1n) is 2.80. The number of carbonyl (C=O) groups excluding carboxylic acids is 1. The third kappa shape index (κ3) is 1.06. The highest BCUT2D eigenvalue weighted by Crippen LogP contribution is 2.02. The summed E-state index contributed by atoms with van der Waals surface area (Å²) in [6.45, 7) is -0.0173. The van der Waals surface area contributed by atoms with Gasteiger partial charge in [0, 0.05) is 0 Å². The van der Waals surface area contributed by atoms with E-state index in [0.29, 0.717) is 0 Å². The van der Waals surface area contributed by atoms with Gasteiger partial charge in [-0.1, -0.05) is 0 Å². The van der Waals surface area contributed by atoms with E-state index in [9.17, 15) is 9.70 Å². The summed E-state index contributed by atoms with van der Waals surface area (Å²) in [5.41, 5.74) is 0. The molecule has 56 valence electrons. The molecule has 1 fully saturated rings. The minimum atomic E-state index is -0.547. The predicted octanol–water partition coefficient (Wildman–Crippen LogP) is -0.946. The lowest BCUT2D eigenvalue weighted by molar-refractivity contribution is 0.218. The van der Waals surface area contributed by atoms with Gasteiger partial charge in [0.05, 0.1) is 24.5 Å². The summed E-state index contributed by atoms with van der Waals surface area (Å²) in [7, 11) is 0. The molecule has 1 rings (SSSR count). The fraction of sp³-hybridized carbons (Fsp3) is 0.750. The van der Waals surface area contributed by atoms with E-state index in [1.54, 1.807) is 0 Å². The van der Waals surface area contributed by atoms with Gasteiger partial charge in [-0.15, -0.1) is 4.91 Å². The van der Waals surface area contributed by atoms with E-state index in [4.69, 9.17) is 5.11 Å². The van der Waals surface area contributed by atoms with Gasteiger partial charge >= 0.3 is 6.03 Å². The summed E-state index contributed by atoms with van der Waals surface area (Å²) in [6.07, 6.45) is 0. The molecule has 0 aromatic carbocycles. The standard InChI is InChI=1S/C4H7N3O3/c8-2-3-1-7(6-10)4(9)5-3/h3,8H,1-2H2,(H,5,9). The highest BCUT2D eigenvalue weighted by Gasteiger charge is 2.28. The van der Waals surface area contributed by atoms with Crippen molar-refractivity contribution < 1.29 is 9.90 Å². The molecule has 0 aromatic heterocycles. The Hall–Kier alpha value is -1.17. The molecule has 1 aliphatic rings. The van der Waals surface area contributed by atoms with Crippen molar-refractivity contribution in [3.05, 3.63) is 4.91 Å². The van der Waals surface area contributed by atoms with Crippen LogP contribution in [-0.4, -0.2) is 35.3 Å².